The maximum Gasteiger partial charge on any atom is 0.244 e. The number of methoxy groups -OCH3 is 2. The highest BCUT2D eigenvalue weighted by Gasteiger charge is 2.29. The van der Waals surface area contributed by atoms with Crippen LogP contribution in [0.2, 0.25) is 0 Å². The molecule has 194 valence electrons. The van der Waals surface area contributed by atoms with E-state index in [2.05, 4.69) is 34.4 Å². The fourth-order valence-electron chi connectivity index (χ4n) is 3.98. The summed E-state index contributed by atoms with van der Waals surface area (Å²) in [4.78, 5) is 21.0. The van der Waals surface area contributed by atoms with E-state index in [-0.39, 0.29) is 5.91 Å². The van der Waals surface area contributed by atoms with Gasteiger partial charge in [-0.15, -0.1) is 0 Å². The molecule has 1 N–H and O–H groups in total. The van der Waals surface area contributed by atoms with Gasteiger partial charge in [-0.05, 0) is 32.1 Å². The van der Waals surface area contributed by atoms with Crippen LogP contribution < -0.4 is 14.8 Å². The Labute approximate surface area is 208 Å². The molecule has 0 saturated carbocycles. The first-order chi connectivity index (χ1) is 16.5. The summed E-state index contributed by atoms with van der Waals surface area (Å²) in [5.74, 6) is 0.521. The van der Waals surface area contributed by atoms with Crippen molar-refractivity contribution >= 4 is 11.6 Å². The van der Waals surface area contributed by atoms with E-state index >= 15 is 0 Å². The average Bonchev–Trinajstić information content (AvgIpc) is 2.83. The van der Waals surface area contributed by atoms with E-state index in [9.17, 15) is 4.79 Å². The summed E-state index contributed by atoms with van der Waals surface area (Å²) in [5, 5.41) is 2.91. The van der Waals surface area contributed by atoms with Crippen molar-refractivity contribution in [3.8, 4) is 11.8 Å². The van der Waals surface area contributed by atoms with Crippen molar-refractivity contribution in [3.05, 3.63) is 18.5 Å². The predicted octanol–water partition coefficient (Wildman–Crippen LogP) is 7.89. The minimum atomic E-state index is -0.493. The second-order valence-electron chi connectivity index (χ2n) is 9.79. The molecule has 0 bridgehead atoms. The summed E-state index contributed by atoms with van der Waals surface area (Å²) >= 11 is 0. The lowest BCUT2D eigenvalue weighted by Gasteiger charge is -2.24. The highest BCUT2D eigenvalue weighted by atomic mass is 16.5. The maximum absolute atomic E-state index is 12.9. The summed E-state index contributed by atoms with van der Waals surface area (Å²) < 4.78 is 10.5. The van der Waals surface area contributed by atoms with Gasteiger partial charge >= 0.3 is 0 Å². The number of unbranched alkanes of at least 4 members (excludes halogenated alkanes) is 12. The summed E-state index contributed by atoms with van der Waals surface area (Å²) in [6, 6.07) is 0. The summed E-state index contributed by atoms with van der Waals surface area (Å²) in [6.07, 6.45) is 24.9. The van der Waals surface area contributed by atoms with E-state index < -0.39 is 5.41 Å². The summed E-state index contributed by atoms with van der Waals surface area (Å²) in [5.41, 5.74) is -0.112. The lowest BCUT2D eigenvalue weighted by molar-refractivity contribution is -0.124. The molecular formula is C28H49N3O3. The zero-order valence-electron chi connectivity index (χ0n) is 22.5. The first-order valence-electron chi connectivity index (χ1n) is 13.4. The van der Waals surface area contributed by atoms with Crippen LogP contribution in [0.1, 0.15) is 117 Å². The molecule has 1 heterocycles. The number of hydrogen-bond donors (Lipinski definition) is 1. The molecule has 0 atom stereocenters. The number of amides is 1. The van der Waals surface area contributed by atoms with Gasteiger partial charge in [-0.25, -0.2) is 0 Å². The first kappa shape index (κ1) is 29.9. The van der Waals surface area contributed by atoms with Crippen LogP contribution in [0.15, 0.2) is 18.5 Å². The van der Waals surface area contributed by atoms with Crippen LogP contribution in [0.5, 0.6) is 11.8 Å². The van der Waals surface area contributed by atoms with Crippen molar-refractivity contribution in [2.75, 3.05) is 19.5 Å². The number of anilines is 1. The number of carbonyl (C=O) groups excluding carboxylic acids is 1. The number of aromatic nitrogens is 2. The van der Waals surface area contributed by atoms with E-state index in [1.54, 1.807) is 0 Å². The lowest BCUT2D eigenvalue weighted by atomic mass is 9.85. The third kappa shape index (κ3) is 12.4. The molecule has 0 fully saturated rings. The highest BCUT2D eigenvalue weighted by molar-refractivity contribution is 5.96. The number of ether oxygens (including phenoxy) is 2. The van der Waals surface area contributed by atoms with Crippen molar-refractivity contribution in [1.82, 2.24) is 9.97 Å². The van der Waals surface area contributed by atoms with Crippen LogP contribution in [-0.2, 0) is 4.79 Å². The van der Waals surface area contributed by atoms with Crippen LogP contribution >= 0.6 is 0 Å². The molecule has 6 nitrogen and oxygen atoms in total. The van der Waals surface area contributed by atoms with Crippen LogP contribution in [-0.4, -0.2) is 30.1 Å². The Morgan fingerprint density at radius 2 is 1.29 bits per heavy atom. The molecule has 0 radical (unpaired) electrons. The Morgan fingerprint density at radius 1 is 0.824 bits per heavy atom. The topological polar surface area (TPSA) is 73.3 Å². The monoisotopic (exact) mass is 475 g/mol. The molecular weight excluding hydrogens is 426 g/mol. The lowest BCUT2D eigenvalue weighted by Crippen LogP contribution is -2.31. The van der Waals surface area contributed by atoms with Gasteiger partial charge in [-0.3, -0.25) is 4.79 Å². The first-order valence-corrected chi connectivity index (χ1v) is 13.4. The second-order valence-corrected chi connectivity index (χ2v) is 9.79. The fraction of sp³-hybridized carbons (Fsp3) is 0.750. The number of nitrogens with one attached hydrogen (secondary N) is 1. The molecule has 0 aliphatic rings. The summed E-state index contributed by atoms with van der Waals surface area (Å²) in [7, 11) is 3.02. The summed E-state index contributed by atoms with van der Waals surface area (Å²) in [6.45, 7) is 6.22. The number of allylic oxidation sites excluding steroid dienone is 2. The molecule has 0 aliphatic carbocycles. The van der Waals surface area contributed by atoms with Gasteiger partial charge in [0.2, 0.25) is 17.7 Å². The SMILES string of the molecule is CCCCCCCC/C=C\CCCCCCCCC(C)(C)C(=O)Nc1c(OC)ncnc1OC. The molecule has 0 unspecified atom stereocenters. The van der Waals surface area contributed by atoms with E-state index in [1.807, 2.05) is 13.8 Å². The van der Waals surface area contributed by atoms with Gasteiger partial charge in [0.15, 0.2) is 5.69 Å². The quantitative estimate of drug-likeness (QED) is 0.153. The molecule has 34 heavy (non-hydrogen) atoms. The standard InChI is InChI=1S/C28H49N3O3/c1-6-7-8-9-10-11-12-13-14-15-16-17-18-19-20-21-22-28(2,3)27(32)31-24-25(33-4)29-23-30-26(24)34-5/h13-14,23H,6-12,15-22H2,1-5H3,(H,31,32)/b14-13-. The molecule has 0 aromatic carbocycles. The van der Waals surface area contributed by atoms with Gasteiger partial charge in [0.1, 0.15) is 6.33 Å². The van der Waals surface area contributed by atoms with E-state index in [0.717, 1.165) is 19.3 Å². The number of nitrogens with zero attached hydrogens (tertiary/aromatic N) is 2. The molecule has 0 aliphatic heterocycles. The van der Waals surface area contributed by atoms with Crippen molar-refractivity contribution in [1.29, 1.82) is 0 Å². The van der Waals surface area contributed by atoms with E-state index in [4.69, 9.17) is 9.47 Å². The molecule has 0 saturated heterocycles. The molecule has 6 heteroatoms. The van der Waals surface area contributed by atoms with Gasteiger partial charge in [0.05, 0.1) is 14.2 Å². The Bertz CT molecular complexity index is 682. The van der Waals surface area contributed by atoms with Crippen LogP contribution in [0.4, 0.5) is 5.69 Å². The van der Waals surface area contributed by atoms with Gasteiger partial charge in [0, 0.05) is 5.41 Å². The zero-order valence-corrected chi connectivity index (χ0v) is 22.5. The minimum absolute atomic E-state index is 0.0772. The Kier molecular flexibility index (Phi) is 16.1. The molecule has 1 aromatic heterocycles. The third-order valence-electron chi connectivity index (χ3n) is 6.33. The molecule has 1 aromatic rings. The molecule has 1 rings (SSSR count). The van der Waals surface area contributed by atoms with Gasteiger partial charge in [0.25, 0.3) is 0 Å². The van der Waals surface area contributed by atoms with Crippen molar-refractivity contribution in [2.24, 2.45) is 5.41 Å². The Morgan fingerprint density at radius 3 is 1.79 bits per heavy atom. The normalized spacial score (nSPS) is 11.7. The number of hydrogen-bond acceptors (Lipinski definition) is 5. The van der Waals surface area contributed by atoms with Gasteiger partial charge < -0.3 is 14.8 Å². The number of carbonyl (C=O) groups is 1. The van der Waals surface area contributed by atoms with E-state index in [1.165, 1.54) is 97.6 Å². The molecule has 1 amide bonds. The fourth-order valence-corrected chi connectivity index (χ4v) is 3.98. The van der Waals surface area contributed by atoms with Crippen molar-refractivity contribution < 1.29 is 14.3 Å². The highest BCUT2D eigenvalue weighted by Crippen LogP contribution is 2.33. The van der Waals surface area contributed by atoms with E-state index in [0.29, 0.717) is 17.4 Å². The van der Waals surface area contributed by atoms with Crippen LogP contribution in [0.3, 0.4) is 0 Å². The smallest absolute Gasteiger partial charge is 0.244 e. The third-order valence-corrected chi connectivity index (χ3v) is 6.33. The maximum atomic E-state index is 12.9. The second kappa shape index (κ2) is 18.2. The minimum Gasteiger partial charge on any atom is -0.479 e. The van der Waals surface area contributed by atoms with Gasteiger partial charge in [-0.1, -0.05) is 97.1 Å². The predicted molar refractivity (Wildman–Crippen MR) is 142 cm³/mol. The zero-order chi connectivity index (χ0) is 25.1. The Hall–Kier alpha value is -2.11. The Balaban J connectivity index is 2.14. The van der Waals surface area contributed by atoms with Crippen molar-refractivity contribution in [3.63, 3.8) is 0 Å². The van der Waals surface area contributed by atoms with Gasteiger partial charge in [-0.2, -0.15) is 9.97 Å². The average molecular weight is 476 g/mol. The van der Waals surface area contributed by atoms with Crippen molar-refractivity contribution in [2.45, 2.75) is 117 Å². The molecule has 0 spiro atoms. The number of rotatable bonds is 20. The van der Waals surface area contributed by atoms with Crippen LogP contribution in [0, 0.1) is 5.41 Å². The van der Waals surface area contributed by atoms with Crippen LogP contribution in [0.25, 0.3) is 0 Å². The largest absolute Gasteiger partial charge is 0.479 e.